The first-order valence-electron chi connectivity index (χ1n) is 4.08. The minimum absolute atomic E-state index is 0.142. The van der Waals surface area contributed by atoms with Crippen molar-refractivity contribution in [2.75, 3.05) is 11.0 Å². The van der Waals surface area contributed by atoms with Crippen LogP contribution in [0.1, 0.15) is 5.56 Å². The van der Waals surface area contributed by atoms with Gasteiger partial charge >= 0.3 is 5.97 Å². The second-order valence-corrected chi connectivity index (χ2v) is 3.35. The van der Waals surface area contributed by atoms with E-state index < -0.39 is 0 Å². The van der Waals surface area contributed by atoms with Gasteiger partial charge in [-0.2, -0.15) is 0 Å². The number of benzene rings is 1. The maximum atomic E-state index is 10.8. The van der Waals surface area contributed by atoms with Crippen LogP contribution in [0, 0.1) is 0 Å². The Balaban J connectivity index is 2.24. The number of hydrogen-bond acceptors (Lipinski definition) is 2. The van der Waals surface area contributed by atoms with E-state index in [2.05, 4.69) is 0 Å². The van der Waals surface area contributed by atoms with Crippen molar-refractivity contribution in [1.29, 1.82) is 0 Å². The van der Waals surface area contributed by atoms with Gasteiger partial charge in [0.15, 0.2) is 0 Å². The number of esters is 1. The summed E-state index contributed by atoms with van der Waals surface area (Å²) in [5.41, 5.74) is 1.20. The topological polar surface area (TPSA) is 26.3 Å². The van der Waals surface area contributed by atoms with Crippen LogP contribution in [0.2, 0.25) is 0 Å². The molecular formula is C10H11IO2. The van der Waals surface area contributed by atoms with E-state index >= 15 is 0 Å². The Bertz CT molecular complexity index is 259. The molecule has 1 aromatic rings. The zero-order valence-electron chi connectivity index (χ0n) is 7.20. The summed E-state index contributed by atoms with van der Waals surface area (Å²) in [5, 5.41) is 0. The van der Waals surface area contributed by atoms with Gasteiger partial charge < -0.3 is 4.74 Å². The summed E-state index contributed by atoms with van der Waals surface area (Å²) in [6.07, 6.45) is 0.795. The lowest BCUT2D eigenvalue weighted by Crippen LogP contribution is -2.08. The fourth-order valence-electron chi connectivity index (χ4n) is 0.966. The Labute approximate surface area is 91.4 Å². The van der Waals surface area contributed by atoms with Crippen LogP contribution in [0.25, 0.3) is 0 Å². The van der Waals surface area contributed by atoms with Crippen molar-refractivity contribution < 1.29 is 9.53 Å². The molecule has 0 N–H and O–H groups in total. The first kappa shape index (κ1) is 10.5. The molecule has 0 aliphatic carbocycles. The van der Waals surface area contributed by atoms with Crippen molar-refractivity contribution >= 4 is 28.6 Å². The third-order valence-corrected chi connectivity index (χ3v) is 2.23. The van der Waals surface area contributed by atoms with Gasteiger partial charge in [0.05, 0.1) is 11.0 Å². The molecule has 0 aromatic heterocycles. The molecule has 0 aliphatic heterocycles. The Morgan fingerprint density at radius 1 is 1.31 bits per heavy atom. The highest BCUT2D eigenvalue weighted by Crippen LogP contribution is 1.99. The molecule has 0 aliphatic rings. The molecule has 0 spiro atoms. The lowest BCUT2D eigenvalue weighted by atomic mass is 10.2. The summed E-state index contributed by atoms with van der Waals surface area (Å²) >= 11 is 1.99. The van der Waals surface area contributed by atoms with Crippen LogP contribution in [0.15, 0.2) is 30.3 Å². The molecule has 0 bridgehead atoms. The number of carbonyl (C=O) groups is 1. The smallest absolute Gasteiger partial charge is 0.315 e. The Hall–Kier alpha value is -0.580. The van der Waals surface area contributed by atoms with Crippen molar-refractivity contribution in [3.63, 3.8) is 0 Å². The Kier molecular flexibility index (Phi) is 4.82. The van der Waals surface area contributed by atoms with Crippen LogP contribution in [-0.4, -0.2) is 17.0 Å². The number of halogens is 1. The lowest BCUT2D eigenvalue weighted by molar-refractivity contribution is -0.140. The van der Waals surface area contributed by atoms with Crippen molar-refractivity contribution in [3.05, 3.63) is 35.9 Å². The molecule has 1 aromatic carbocycles. The highest BCUT2D eigenvalue weighted by atomic mass is 127. The molecular weight excluding hydrogens is 279 g/mol. The molecule has 13 heavy (non-hydrogen) atoms. The third-order valence-electron chi connectivity index (χ3n) is 1.61. The predicted octanol–water partition coefficient (Wildman–Crippen LogP) is 2.21. The zero-order valence-corrected chi connectivity index (χ0v) is 9.36. The SMILES string of the molecule is O=C(CI)OCCc1ccccc1. The van der Waals surface area contributed by atoms with E-state index in [0.717, 1.165) is 6.42 Å². The van der Waals surface area contributed by atoms with Crippen molar-refractivity contribution in [3.8, 4) is 0 Å². The normalized spacial score (nSPS) is 9.62. The van der Waals surface area contributed by atoms with Crippen LogP contribution < -0.4 is 0 Å². The Morgan fingerprint density at radius 3 is 2.62 bits per heavy atom. The van der Waals surface area contributed by atoms with E-state index in [1.54, 1.807) is 0 Å². The summed E-state index contributed by atoms with van der Waals surface area (Å²) in [6.45, 7) is 0.478. The molecule has 0 atom stereocenters. The highest BCUT2D eigenvalue weighted by Gasteiger charge is 1.98. The molecule has 0 unspecified atom stereocenters. The van der Waals surface area contributed by atoms with E-state index in [1.165, 1.54) is 5.56 Å². The van der Waals surface area contributed by atoms with Crippen molar-refractivity contribution in [2.45, 2.75) is 6.42 Å². The van der Waals surface area contributed by atoms with Gasteiger partial charge in [-0.1, -0.05) is 52.9 Å². The molecule has 0 amide bonds. The number of alkyl halides is 1. The van der Waals surface area contributed by atoms with Gasteiger partial charge in [-0.25, -0.2) is 0 Å². The van der Waals surface area contributed by atoms with Crippen LogP contribution >= 0.6 is 22.6 Å². The quantitative estimate of drug-likeness (QED) is 0.483. The summed E-state index contributed by atoms with van der Waals surface area (Å²) in [5.74, 6) is -0.142. The van der Waals surface area contributed by atoms with Crippen LogP contribution in [0.5, 0.6) is 0 Å². The molecule has 3 heteroatoms. The maximum absolute atomic E-state index is 10.8. The molecule has 0 heterocycles. The van der Waals surface area contributed by atoms with Crippen LogP contribution in [0.4, 0.5) is 0 Å². The molecule has 0 saturated heterocycles. The molecule has 0 radical (unpaired) electrons. The summed E-state index contributed by atoms with van der Waals surface area (Å²) in [4.78, 5) is 10.8. The van der Waals surface area contributed by atoms with Gasteiger partial charge in [0.25, 0.3) is 0 Å². The minimum atomic E-state index is -0.142. The van der Waals surface area contributed by atoms with Crippen molar-refractivity contribution in [2.24, 2.45) is 0 Å². The van der Waals surface area contributed by atoms with E-state index in [1.807, 2.05) is 52.9 Å². The summed E-state index contributed by atoms with van der Waals surface area (Å²) in [7, 11) is 0. The zero-order chi connectivity index (χ0) is 9.52. The predicted molar refractivity (Wildman–Crippen MR) is 60.0 cm³/mol. The van der Waals surface area contributed by atoms with E-state index in [-0.39, 0.29) is 5.97 Å². The van der Waals surface area contributed by atoms with Gasteiger partial charge in [-0.05, 0) is 5.56 Å². The number of carbonyl (C=O) groups excluding carboxylic acids is 1. The number of hydrogen-bond donors (Lipinski definition) is 0. The minimum Gasteiger partial charge on any atom is -0.465 e. The van der Waals surface area contributed by atoms with E-state index in [0.29, 0.717) is 11.0 Å². The summed E-state index contributed by atoms with van der Waals surface area (Å²) in [6, 6.07) is 9.99. The first-order valence-corrected chi connectivity index (χ1v) is 5.61. The second kappa shape index (κ2) is 5.96. The lowest BCUT2D eigenvalue weighted by Gasteiger charge is -2.02. The largest absolute Gasteiger partial charge is 0.465 e. The van der Waals surface area contributed by atoms with E-state index in [4.69, 9.17) is 4.74 Å². The Morgan fingerprint density at radius 2 is 2.00 bits per heavy atom. The first-order chi connectivity index (χ1) is 6.33. The van der Waals surface area contributed by atoms with Gasteiger partial charge in [0.1, 0.15) is 0 Å². The standard InChI is InChI=1S/C10H11IO2/c11-8-10(12)13-7-6-9-4-2-1-3-5-9/h1-5H,6-8H2. The van der Waals surface area contributed by atoms with Crippen LogP contribution in [0.3, 0.4) is 0 Å². The fraction of sp³-hybridized carbons (Fsp3) is 0.300. The fourth-order valence-corrected chi connectivity index (χ4v) is 1.19. The average Bonchev–Trinajstić information content (AvgIpc) is 2.19. The number of ether oxygens (including phenoxy) is 1. The second-order valence-electron chi connectivity index (χ2n) is 2.59. The maximum Gasteiger partial charge on any atom is 0.315 e. The molecule has 0 fully saturated rings. The molecule has 2 nitrogen and oxygen atoms in total. The van der Waals surface area contributed by atoms with Gasteiger partial charge in [0, 0.05) is 6.42 Å². The molecule has 70 valence electrons. The molecule has 0 saturated carbocycles. The third kappa shape index (κ3) is 4.26. The van der Waals surface area contributed by atoms with Gasteiger partial charge in [-0.3, -0.25) is 4.79 Å². The highest BCUT2D eigenvalue weighted by molar-refractivity contribution is 14.1. The van der Waals surface area contributed by atoms with Gasteiger partial charge in [0.2, 0.25) is 0 Å². The van der Waals surface area contributed by atoms with E-state index in [9.17, 15) is 4.79 Å². The molecule has 1 rings (SSSR count). The summed E-state index contributed by atoms with van der Waals surface area (Å²) < 4.78 is 5.37. The van der Waals surface area contributed by atoms with Crippen LogP contribution in [-0.2, 0) is 16.0 Å². The number of rotatable bonds is 4. The van der Waals surface area contributed by atoms with Crippen molar-refractivity contribution in [1.82, 2.24) is 0 Å². The van der Waals surface area contributed by atoms with Gasteiger partial charge in [-0.15, -0.1) is 0 Å². The average molecular weight is 290 g/mol. The monoisotopic (exact) mass is 290 g/mol.